The van der Waals surface area contributed by atoms with Crippen molar-refractivity contribution in [1.29, 1.82) is 0 Å². The van der Waals surface area contributed by atoms with E-state index in [0.717, 1.165) is 6.42 Å². The molecule has 1 rings (SSSR count). The van der Waals surface area contributed by atoms with Crippen molar-refractivity contribution in [3.8, 4) is 0 Å². The van der Waals surface area contributed by atoms with Crippen LogP contribution in [0, 0.1) is 0 Å². The van der Waals surface area contributed by atoms with Crippen LogP contribution in [0.5, 0.6) is 0 Å². The van der Waals surface area contributed by atoms with Crippen molar-refractivity contribution >= 4 is 11.3 Å². The summed E-state index contributed by atoms with van der Waals surface area (Å²) in [6, 6.07) is 4.54. The third-order valence-corrected chi connectivity index (χ3v) is 2.87. The Morgan fingerprint density at radius 1 is 1.58 bits per heavy atom. The van der Waals surface area contributed by atoms with E-state index < -0.39 is 0 Å². The van der Waals surface area contributed by atoms with Gasteiger partial charge in [-0.1, -0.05) is 6.07 Å². The van der Waals surface area contributed by atoms with E-state index in [1.807, 2.05) is 20.2 Å². The molecule has 0 aliphatic carbocycles. The molecular weight excluding hydrogens is 170 g/mol. The van der Waals surface area contributed by atoms with Gasteiger partial charge in [-0.25, -0.2) is 0 Å². The van der Waals surface area contributed by atoms with Gasteiger partial charge in [0.15, 0.2) is 0 Å². The van der Waals surface area contributed by atoms with Crippen molar-refractivity contribution in [3.05, 3.63) is 22.4 Å². The normalized spacial score (nSPS) is 13.7. The molecule has 0 amide bonds. The van der Waals surface area contributed by atoms with Crippen LogP contribution >= 0.6 is 11.3 Å². The maximum atomic E-state index is 8.86. The SMILES string of the molecule is CN(C)[C@H](CCO)c1cccs1. The Kier molecular flexibility index (Phi) is 3.72. The molecule has 0 spiro atoms. The van der Waals surface area contributed by atoms with Gasteiger partial charge in [-0.15, -0.1) is 11.3 Å². The average Bonchev–Trinajstić information content (AvgIpc) is 2.51. The van der Waals surface area contributed by atoms with Crippen LogP contribution in [0.25, 0.3) is 0 Å². The first-order chi connectivity index (χ1) is 5.75. The number of aliphatic hydroxyl groups is 1. The van der Waals surface area contributed by atoms with Gasteiger partial charge in [0, 0.05) is 17.5 Å². The predicted molar refractivity (Wildman–Crippen MR) is 52.4 cm³/mol. The minimum atomic E-state index is 0.251. The Balaban J connectivity index is 2.66. The largest absolute Gasteiger partial charge is 0.396 e. The molecule has 12 heavy (non-hydrogen) atoms. The molecule has 0 aliphatic heterocycles. The highest BCUT2D eigenvalue weighted by molar-refractivity contribution is 7.10. The predicted octanol–water partition coefficient (Wildman–Crippen LogP) is 1.73. The molecule has 0 radical (unpaired) electrons. The Morgan fingerprint density at radius 3 is 2.75 bits per heavy atom. The highest BCUT2D eigenvalue weighted by atomic mass is 32.1. The molecule has 2 nitrogen and oxygen atoms in total. The summed E-state index contributed by atoms with van der Waals surface area (Å²) in [7, 11) is 4.08. The molecule has 68 valence electrons. The summed E-state index contributed by atoms with van der Waals surface area (Å²) in [5.74, 6) is 0. The number of thiophene rings is 1. The third-order valence-electron chi connectivity index (χ3n) is 1.90. The molecule has 0 aromatic carbocycles. The molecule has 1 aromatic rings. The first-order valence-corrected chi connectivity index (χ1v) is 4.94. The lowest BCUT2D eigenvalue weighted by atomic mass is 10.1. The Hall–Kier alpha value is -0.380. The molecule has 1 aromatic heterocycles. The highest BCUT2D eigenvalue weighted by Gasteiger charge is 2.13. The minimum absolute atomic E-state index is 0.251. The lowest BCUT2D eigenvalue weighted by Gasteiger charge is -2.21. The lowest BCUT2D eigenvalue weighted by molar-refractivity contribution is 0.213. The van der Waals surface area contributed by atoms with Crippen LogP contribution in [0.2, 0.25) is 0 Å². The second kappa shape index (κ2) is 4.60. The van der Waals surface area contributed by atoms with E-state index in [4.69, 9.17) is 5.11 Å². The molecule has 0 saturated carbocycles. The van der Waals surface area contributed by atoms with Gasteiger partial charge in [0.2, 0.25) is 0 Å². The van der Waals surface area contributed by atoms with Crippen molar-refractivity contribution in [2.75, 3.05) is 20.7 Å². The van der Waals surface area contributed by atoms with Gasteiger partial charge in [-0.05, 0) is 32.0 Å². The molecule has 0 saturated heterocycles. The van der Waals surface area contributed by atoms with Crippen LogP contribution in [-0.4, -0.2) is 30.7 Å². The minimum Gasteiger partial charge on any atom is -0.396 e. The summed E-state index contributed by atoms with van der Waals surface area (Å²) in [5, 5.41) is 10.9. The topological polar surface area (TPSA) is 23.5 Å². The van der Waals surface area contributed by atoms with Gasteiger partial charge in [0.25, 0.3) is 0 Å². The number of rotatable bonds is 4. The van der Waals surface area contributed by atoms with E-state index in [2.05, 4.69) is 16.3 Å². The molecule has 0 fully saturated rings. The van der Waals surface area contributed by atoms with Crippen LogP contribution in [0.4, 0.5) is 0 Å². The molecule has 1 N–H and O–H groups in total. The van der Waals surface area contributed by atoms with E-state index in [0.29, 0.717) is 6.04 Å². The van der Waals surface area contributed by atoms with Gasteiger partial charge in [0.05, 0.1) is 0 Å². The molecule has 0 aliphatic rings. The Labute approximate surface area is 77.5 Å². The van der Waals surface area contributed by atoms with E-state index in [1.165, 1.54) is 4.88 Å². The first kappa shape index (κ1) is 9.71. The summed E-state index contributed by atoms with van der Waals surface area (Å²) in [6.07, 6.45) is 0.813. The number of hydrogen-bond donors (Lipinski definition) is 1. The molecule has 0 bridgehead atoms. The smallest absolute Gasteiger partial charge is 0.0457 e. The van der Waals surface area contributed by atoms with Crippen LogP contribution in [0.15, 0.2) is 17.5 Å². The maximum absolute atomic E-state index is 8.86. The fourth-order valence-electron chi connectivity index (χ4n) is 1.26. The zero-order valence-corrected chi connectivity index (χ0v) is 8.34. The van der Waals surface area contributed by atoms with E-state index >= 15 is 0 Å². The van der Waals surface area contributed by atoms with Crippen molar-refractivity contribution in [1.82, 2.24) is 4.90 Å². The molecule has 3 heteroatoms. The standard InChI is InChI=1S/C9H15NOS/c1-10(2)8(5-6-11)9-4-3-7-12-9/h3-4,7-8,11H,5-6H2,1-2H3/t8-/m1/s1. The zero-order chi connectivity index (χ0) is 8.97. The fourth-order valence-corrected chi connectivity index (χ4v) is 2.22. The summed E-state index contributed by atoms with van der Waals surface area (Å²) >= 11 is 1.75. The van der Waals surface area contributed by atoms with Gasteiger partial charge < -0.3 is 10.0 Å². The van der Waals surface area contributed by atoms with E-state index in [9.17, 15) is 0 Å². The fraction of sp³-hybridized carbons (Fsp3) is 0.556. The number of aliphatic hydroxyl groups excluding tert-OH is 1. The van der Waals surface area contributed by atoms with Gasteiger partial charge in [-0.3, -0.25) is 0 Å². The zero-order valence-electron chi connectivity index (χ0n) is 7.53. The summed E-state index contributed by atoms with van der Waals surface area (Å²) in [6.45, 7) is 0.251. The lowest BCUT2D eigenvalue weighted by Crippen LogP contribution is -2.19. The molecule has 1 atom stereocenters. The second-order valence-electron chi connectivity index (χ2n) is 3.01. The van der Waals surface area contributed by atoms with Crippen molar-refractivity contribution in [3.63, 3.8) is 0 Å². The van der Waals surface area contributed by atoms with Gasteiger partial charge in [-0.2, -0.15) is 0 Å². The Bertz CT molecular complexity index is 208. The van der Waals surface area contributed by atoms with E-state index in [1.54, 1.807) is 11.3 Å². The van der Waals surface area contributed by atoms with Crippen LogP contribution in [-0.2, 0) is 0 Å². The summed E-state index contributed by atoms with van der Waals surface area (Å²) in [5.41, 5.74) is 0. The summed E-state index contributed by atoms with van der Waals surface area (Å²) in [4.78, 5) is 3.47. The third kappa shape index (κ3) is 2.30. The van der Waals surface area contributed by atoms with E-state index in [-0.39, 0.29) is 6.61 Å². The number of nitrogens with zero attached hydrogens (tertiary/aromatic N) is 1. The van der Waals surface area contributed by atoms with Crippen molar-refractivity contribution in [2.45, 2.75) is 12.5 Å². The van der Waals surface area contributed by atoms with Crippen LogP contribution in [0.3, 0.4) is 0 Å². The second-order valence-corrected chi connectivity index (χ2v) is 3.99. The molecule has 1 heterocycles. The first-order valence-electron chi connectivity index (χ1n) is 4.06. The summed E-state index contributed by atoms with van der Waals surface area (Å²) < 4.78 is 0. The van der Waals surface area contributed by atoms with Crippen LogP contribution < -0.4 is 0 Å². The quantitative estimate of drug-likeness (QED) is 0.772. The number of hydrogen-bond acceptors (Lipinski definition) is 3. The van der Waals surface area contributed by atoms with Gasteiger partial charge >= 0.3 is 0 Å². The molecule has 0 unspecified atom stereocenters. The molecular formula is C9H15NOS. The average molecular weight is 185 g/mol. The highest BCUT2D eigenvalue weighted by Crippen LogP contribution is 2.25. The Morgan fingerprint density at radius 2 is 2.33 bits per heavy atom. The van der Waals surface area contributed by atoms with Crippen LogP contribution in [0.1, 0.15) is 17.3 Å². The maximum Gasteiger partial charge on any atom is 0.0457 e. The van der Waals surface area contributed by atoms with Crippen molar-refractivity contribution < 1.29 is 5.11 Å². The van der Waals surface area contributed by atoms with Gasteiger partial charge in [0.1, 0.15) is 0 Å². The van der Waals surface area contributed by atoms with Crippen molar-refractivity contribution in [2.24, 2.45) is 0 Å². The monoisotopic (exact) mass is 185 g/mol.